The van der Waals surface area contributed by atoms with E-state index in [0.29, 0.717) is 17.2 Å². The van der Waals surface area contributed by atoms with E-state index in [9.17, 15) is 5.11 Å². The van der Waals surface area contributed by atoms with Crippen LogP contribution in [0, 0.1) is 0 Å². The molecule has 2 atom stereocenters. The molecule has 2 saturated heterocycles. The van der Waals surface area contributed by atoms with Crippen LogP contribution < -0.4 is 0 Å². The van der Waals surface area contributed by atoms with Gasteiger partial charge in [0, 0.05) is 30.4 Å². The second-order valence-corrected chi connectivity index (χ2v) is 5.49. The number of nitrogens with zero attached hydrogens (tertiary/aromatic N) is 2. The number of aliphatic hydroxyl groups is 1. The molecule has 0 saturated carbocycles. The second-order valence-electron chi connectivity index (χ2n) is 5.14. The molecule has 1 aromatic rings. The van der Waals surface area contributed by atoms with Crippen LogP contribution in [0.2, 0.25) is 5.15 Å². The van der Waals surface area contributed by atoms with Crippen molar-refractivity contribution in [2.75, 3.05) is 0 Å². The molecule has 0 aliphatic carbocycles. The van der Waals surface area contributed by atoms with Crippen LogP contribution in [0.25, 0.3) is 0 Å². The summed E-state index contributed by atoms with van der Waals surface area (Å²) in [6.07, 6.45) is 5.86. The molecule has 1 N–H and O–H groups in total. The number of aromatic nitrogens is 1. The van der Waals surface area contributed by atoms with Gasteiger partial charge in [-0.2, -0.15) is 0 Å². The van der Waals surface area contributed by atoms with Crippen LogP contribution in [0.1, 0.15) is 31.2 Å². The number of halogens is 1. The highest BCUT2D eigenvalue weighted by molar-refractivity contribution is 6.30. The minimum absolute atomic E-state index is 0.104. The summed E-state index contributed by atoms with van der Waals surface area (Å²) in [5, 5.41) is 10.4. The highest BCUT2D eigenvalue weighted by Gasteiger charge is 2.40. The van der Waals surface area contributed by atoms with Crippen LogP contribution >= 0.6 is 11.6 Å². The lowest BCUT2D eigenvalue weighted by Crippen LogP contribution is -2.44. The van der Waals surface area contributed by atoms with Crippen LogP contribution in [0.15, 0.2) is 18.3 Å². The van der Waals surface area contributed by atoms with Gasteiger partial charge in [0.05, 0.1) is 6.10 Å². The zero-order chi connectivity index (χ0) is 11.8. The zero-order valence-electron chi connectivity index (χ0n) is 9.72. The maximum absolute atomic E-state index is 9.76. The number of rotatable bonds is 2. The molecular weight excluding hydrogens is 236 g/mol. The molecule has 0 aromatic carbocycles. The molecule has 0 amide bonds. The van der Waals surface area contributed by atoms with E-state index in [1.165, 1.54) is 12.8 Å². The Hall–Kier alpha value is -0.640. The van der Waals surface area contributed by atoms with E-state index >= 15 is 0 Å². The fourth-order valence-corrected chi connectivity index (χ4v) is 3.42. The third kappa shape index (κ3) is 2.19. The Morgan fingerprint density at radius 3 is 2.71 bits per heavy atom. The molecule has 0 radical (unpaired) electrons. The normalized spacial score (nSPS) is 32.9. The quantitative estimate of drug-likeness (QED) is 0.820. The van der Waals surface area contributed by atoms with Crippen molar-refractivity contribution >= 4 is 11.6 Å². The third-order valence-electron chi connectivity index (χ3n) is 4.05. The minimum Gasteiger partial charge on any atom is -0.393 e. The first-order valence-corrected chi connectivity index (χ1v) is 6.65. The molecule has 2 bridgehead atoms. The van der Waals surface area contributed by atoms with E-state index in [4.69, 9.17) is 11.6 Å². The van der Waals surface area contributed by atoms with Gasteiger partial charge >= 0.3 is 0 Å². The van der Waals surface area contributed by atoms with E-state index in [2.05, 4.69) is 9.88 Å². The Labute approximate surface area is 106 Å². The summed E-state index contributed by atoms with van der Waals surface area (Å²) in [6, 6.07) is 5.03. The van der Waals surface area contributed by atoms with Gasteiger partial charge in [0.2, 0.25) is 0 Å². The molecule has 3 rings (SSSR count). The SMILES string of the molecule is OC1CC2CCC(C1)N2Cc1cccnc1Cl. The van der Waals surface area contributed by atoms with E-state index in [1.54, 1.807) is 6.20 Å². The molecule has 2 fully saturated rings. The summed E-state index contributed by atoms with van der Waals surface area (Å²) in [5.41, 5.74) is 1.10. The number of fused-ring (bicyclic) bond motifs is 2. The van der Waals surface area contributed by atoms with Crippen LogP contribution in [-0.2, 0) is 6.54 Å². The lowest BCUT2D eigenvalue weighted by atomic mass is 9.99. The summed E-state index contributed by atoms with van der Waals surface area (Å²) < 4.78 is 0. The van der Waals surface area contributed by atoms with Crippen LogP contribution in [0.4, 0.5) is 0 Å². The first-order chi connectivity index (χ1) is 8.24. The molecule has 3 nitrogen and oxygen atoms in total. The van der Waals surface area contributed by atoms with Crippen molar-refractivity contribution in [3.8, 4) is 0 Å². The van der Waals surface area contributed by atoms with Crippen molar-refractivity contribution in [1.82, 2.24) is 9.88 Å². The van der Waals surface area contributed by atoms with Crippen molar-refractivity contribution < 1.29 is 5.11 Å². The van der Waals surface area contributed by atoms with Gasteiger partial charge in [0.15, 0.2) is 0 Å². The smallest absolute Gasteiger partial charge is 0.133 e. The largest absolute Gasteiger partial charge is 0.393 e. The molecule has 4 heteroatoms. The van der Waals surface area contributed by atoms with Crippen molar-refractivity contribution in [3.05, 3.63) is 29.0 Å². The topological polar surface area (TPSA) is 36.4 Å². The number of piperidine rings is 1. The molecule has 2 unspecified atom stereocenters. The Morgan fingerprint density at radius 2 is 2.06 bits per heavy atom. The molecule has 3 heterocycles. The fourth-order valence-electron chi connectivity index (χ4n) is 3.24. The van der Waals surface area contributed by atoms with Crippen molar-refractivity contribution in [2.45, 2.75) is 50.4 Å². The monoisotopic (exact) mass is 252 g/mol. The average Bonchev–Trinajstić information content (AvgIpc) is 2.56. The highest BCUT2D eigenvalue weighted by Crippen LogP contribution is 2.37. The lowest BCUT2D eigenvalue weighted by molar-refractivity contribution is 0.0310. The summed E-state index contributed by atoms with van der Waals surface area (Å²) in [6.45, 7) is 0.870. The number of hydrogen-bond acceptors (Lipinski definition) is 3. The summed E-state index contributed by atoms with van der Waals surface area (Å²) in [7, 11) is 0. The van der Waals surface area contributed by atoms with Gasteiger partial charge in [0.1, 0.15) is 5.15 Å². The highest BCUT2D eigenvalue weighted by atomic mass is 35.5. The number of pyridine rings is 1. The fraction of sp³-hybridized carbons (Fsp3) is 0.615. The van der Waals surface area contributed by atoms with E-state index in [1.807, 2.05) is 12.1 Å². The summed E-state index contributed by atoms with van der Waals surface area (Å²) in [5.74, 6) is 0. The first-order valence-electron chi connectivity index (χ1n) is 6.27. The van der Waals surface area contributed by atoms with E-state index in [0.717, 1.165) is 24.9 Å². The maximum Gasteiger partial charge on any atom is 0.133 e. The molecule has 1 aromatic heterocycles. The predicted octanol–water partition coefficient (Wildman–Crippen LogP) is 2.22. The Bertz CT molecular complexity index is 398. The van der Waals surface area contributed by atoms with Crippen molar-refractivity contribution in [3.63, 3.8) is 0 Å². The minimum atomic E-state index is -0.104. The maximum atomic E-state index is 9.76. The number of hydrogen-bond donors (Lipinski definition) is 1. The van der Waals surface area contributed by atoms with E-state index in [-0.39, 0.29) is 6.10 Å². The average molecular weight is 253 g/mol. The van der Waals surface area contributed by atoms with Crippen molar-refractivity contribution in [1.29, 1.82) is 0 Å². The zero-order valence-corrected chi connectivity index (χ0v) is 10.5. The summed E-state index contributed by atoms with van der Waals surface area (Å²) in [4.78, 5) is 6.62. The predicted molar refractivity (Wildman–Crippen MR) is 66.8 cm³/mol. The molecule has 2 aliphatic heterocycles. The van der Waals surface area contributed by atoms with Gasteiger partial charge in [-0.05, 0) is 31.7 Å². The summed E-state index contributed by atoms with van der Waals surface area (Å²) >= 11 is 6.10. The Morgan fingerprint density at radius 1 is 1.35 bits per heavy atom. The molecular formula is C13H17ClN2O. The Balaban J connectivity index is 1.76. The van der Waals surface area contributed by atoms with Crippen LogP contribution in [0.3, 0.4) is 0 Å². The molecule has 0 spiro atoms. The lowest BCUT2D eigenvalue weighted by Gasteiger charge is -2.37. The van der Waals surface area contributed by atoms with Crippen LogP contribution in [-0.4, -0.2) is 33.2 Å². The Kier molecular flexibility index (Phi) is 3.07. The first kappa shape index (κ1) is 11.5. The van der Waals surface area contributed by atoms with Gasteiger partial charge in [-0.3, -0.25) is 4.90 Å². The van der Waals surface area contributed by atoms with E-state index < -0.39 is 0 Å². The molecule has 92 valence electrons. The number of aliphatic hydroxyl groups excluding tert-OH is 1. The van der Waals surface area contributed by atoms with Gasteiger partial charge in [-0.1, -0.05) is 17.7 Å². The standard InChI is InChI=1S/C13H17ClN2O/c14-13-9(2-1-5-15-13)8-16-10-3-4-11(16)7-12(17)6-10/h1-2,5,10-12,17H,3-4,6-8H2. The van der Waals surface area contributed by atoms with Gasteiger partial charge in [-0.15, -0.1) is 0 Å². The van der Waals surface area contributed by atoms with Gasteiger partial charge in [0.25, 0.3) is 0 Å². The van der Waals surface area contributed by atoms with Crippen molar-refractivity contribution in [2.24, 2.45) is 0 Å². The second kappa shape index (κ2) is 4.56. The van der Waals surface area contributed by atoms with Gasteiger partial charge in [-0.25, -0.2) is 4.98 Å². The molecule has 2 aliphatic rings. The third-order valence-corrected chi connectivity index (χ3v) is 4.39. The van der Waals surface area contributed by atoms with Crippen LogP contribution in [0.5, 0.6) is 0 Å². The van der Waals surface area contributed by atoms with Gasteiger partial charge < -0.3 is 5.11 Å². The molecule has 17 heavy (non-hydrogen) atoms.